The first kappa shape index (κ1) is 22.6. The summed E-state index contributed by atoms with van der Waals surface area (Å²) in [5.41, 5.74) is 1.08. The maximum absolute atomic E-state index is 13.9. The number of nitrogens with one attached hydrogen (secondary N) is 1. The van der Waals surface area contributed by atoms with E-state index in [0.717, 1.165) is 36.6 Å². The molecule has 34 heavy (non-hydrogen) atoms. The van der Waals surface area contributed by atoms with Crippen LogP contribution in [0, 0.1) is 5.82 Å². The second-order valence-corrected chi connectivity index (χ2v) is 9.99. The third-order valence-electron chi connectivity index (χ3n) is 7.50. The van der Waals surface area contributed by atoms with E-state index in [1.54, 1.807) is 17.0 Å². The monoisotopic (exact) mass is 461 g/mol. The largest absolute Gasteiger partial charge is 0.351 e. The Balaban J connectivity index is 1.52. The van der Waals surface area contributed by atoms with Gasteiger partial charge in [0.2, 0.25) is 5.91 Å². The van der Waals surface area contributed by atoms with Crippen molar-refractivity contribution in [3.05, 3.63) is 71.7 Å². The summed E-state index contributed by atoms with van der Waals surface area (Å²) in [6.07, 6.45) is 7.82. The first-order chi connectivity index (χ1) is 16.5. The van der Waals surface area contributed by atoms with Crippen LogP contribution in [0.4, 0.5) is 4.39 Å². The summed E-state index contributed by atoms with van der Waals surface area (Å²) < 4.78 is 15.9. The molecule has 2 heterocycles. The molecule has 1 saturated carbocycles. The van der Waals surface area contributed by atoms with Crippen LogP contribution >= 0.6 is 0 Å². The van der Waals surface area contributed by atoms with Crippen molar-refractivity contribution in [3.63, 3.8) is 0 Å². The minimum absolute atomic E-state index is 0.124. The van der Waals surface area contributed by atoms with Crippen LogP contribution in [0.2, 0.25) is 0 Å². The summed E-state index contributed by atoms with van der Waals surface area (Å²) in [5.74, 6) is -0.690. The van der Waals surface area contributed by atoms with Crippen LogP contribution in [0.15, 0.2) is 54.6 Å². The van der Waals surface area contributed by atoms with Gasteiger partial charge in [-0.1, -0.05) is 62.4 Å². The van der Waals surface area contributed by atoms with Crippen LogP contribution in [-0.4, -0.2) is 32.9 Å². The van der Waals surface area contributed by atoms with E-state index in [2.05, 4.69) is 5.32 Å². The molecule has 2 aromatic carbocycles. The Morgan fingerprint density at radius 3 is 2.53 bits per heavy atom. The molecule has 1 aliphatic carbocycles. The van der Waals surface area contributed by atoms with Crippen molar-refractivity contribution >= 4 is 22.7 Å². The topological polar surface area (TPSA) is 54.3 Å². The van der Waals surface area contributed by atoms with Gasteiger partial charge in [-0.15, -0.1) is 0 Å². The van der Waals surface area contributed by atoms with Crippen molar-refractivity contribution in [2.75, 3.05) is 0 Å². The molecule has 0 unspecified atom stereocenters. The van der Waals surface area contributed by atoms with Crippen molar-refractivity contribution in [2.24, 2.45) is 0 Å². The zero-order valence-corrected chi connectivity index (χ0v) is 19.7. The molecule has 0 bridgehead atoms. The molecule has 5 nitrogen and oxygen atoms in total. The number of carbonyl (C=O) groups is 2. The predicted octanol–water partition coefficient (Wildman–Crippen LogP) is 5.42. The minimum Gasteiger partial charge on any atom is -0.351 e. The molecule has 178 valence electrons. The Bertz CT molecular complexity index is 1210. The van der Waals surface area contributed by atoms with E-state index in [-0.39, 0.29) is 30.2 Å². The van der Waals surface area contributed by atoms with E-state index in [1.807, 2.05) is 41.8 Å². The summed E-state index contributed by atoms with van der Waals surface area (Å²) in [6, 6.07) is 16.1. The van der Waals surface area contributed by atoms with Crippen molar-refractivity contribution in [1.82, 2.24) is 14.8 Å². The van der Waals surface area contributed by atoms with E-state index in [0.29, 0.717) is 17.8 Å². The quantitative estimate of drug-likeness (QED) is 0.564. The summed E-state index contributed by atoms with van der Waals surface area (Å²) in [7, 11) is 0. The van der Waals surface area contributed by atoms with E-state index in [9.17, 15) is 14.0 Å². The number of rotatable bonds is 4. The first-order valence-corrected chi connectivity index (χ1v) is 12.4. The van der Waals surface area contributed by atoms with E-state index in [4.69, 9.17) is 0 Å². The summed E-state index contributed by atoms with van der Waals surface area (Å²) >= 11 is 0. The van der Waals surface area contributed by atoms with E-state index >= 15 is 0 Å². The SMILES string of the molecule is C[C@@]1(C(=O)NC2CCCCCCC2)Cn2c(cc3ccccc32)C(=O)N1Cc1cccc(F)c1. The molecule has 1 N–H and O–H groups in total. The highest BCUT2D eigenvalue weighted by Gasteiger charge is 2.48. The molecule has 1 atom stereocenters. The van der Waals surface area contributed by atoms with Crippen LogP contribution < -0.4 is 5.32 Å². The maximum Gasteiger partial charge on any atom is 0.271 e. The second-order valence-electron chi connectivity index (χ2n) is 9.99. The minimum atomic E-state index is -1.10. The highest BCUT2D eigenvalue weighted by Crippen LogP contribution is 2.34. The number of amides is 2. The lowest BCUT2D eigenvalue weighted by Crippen LogP contribution is -2.64. The fraction of sp³-hybridized carbons (Fsp3) is 0.429. The van der Waals surface area contributed by atoms with Crippen LogP contribution in [0.1, 0.15) is 67.9 Å². The number of para-hydroxylation sites is 1. The van der Waals surface area contributed by atoms with Crippen LogP contribution in [-0.2, 0) is 17.9 Å². The van der Waals surface area contributed by atoms with Gasteiger partial charge in [0.1, 0.15) is 17.1 Å². The van der Waals surface area contributed by atoms with Crippen LogP contribution in [0.3, 0.4) is 0 Å². The number of halogens is 1. The Kier molecular flexibility index (Phi) is 6.15. The molecule has 0 saturated heterocycles. The van der Waals surface area contributed by atoms with Gasteiger partial charge in [0.25, 0.3) is 5.91 Å². The first-order valence-electron chi connectivity index (χ1n) is 12.4. The molecule has 6 heteroatoms. The molecule has 3 aromatic rings. The fourth-order valence-corrected chi connectivity index (χ4v) is 5.51. The van der Waals surface area contributed by atoms with Crippen molar-refractivity contribution in [2.45, 2.75) is 76.5 Å². The Labute approximate surface area is 199 Å². The van der Waals surface area contributed by atoms with Gasteiger partial charge >= 0.3 is 0 Å². The van der Waals surface area contributed by atoms with Crippen LogP contribution in [0.25, 0.3) is 10.9 Å². The Morgan fingerprint density at radius 2 is 1.76 bits per heavy atom. The second kappa shape index (κ2) is 9.24. The van der Waals surface area contributed by atoms with Gasteiger partial charge in [-0.2, -0.15) is 0 Å². The third-order valence-corrected chi connectivity index (χ3v) is 7.50. The number of fused-ring (bicyclic) bond motifs is 3. The fourth-order valence-electron chi connectivity index (χ4n) is 5.51. The third kappa shape index (κ3) is 4.22. The zero-order valence-electron chi connectivity index (χ0n) is 19.7. The van der Waals surface area contributed by atoms with Gasteiger partial charge in [0, 0.05) is 23.5 Å². The molecule has 0 radical (unpaired) electrons. The zero-order chi connectivity index (χ0) is 23.7. The summed E-state index contributed by atoms with van der Waals surface area (Å²) in [6.45, 7) is 2.38. The maximum atomic E-state index is 13.9. The lowest BCUT2D eigenvalue weighted by molar-refractivity contribution is -0.134. The molecule has 2 amide bonds. The molecular formula is C28H32FN3O2. The van der Waals surface area contributed by atoms with Gasteiger partial charge in [0.15, 0.2) is 0 Å². The molecule has 1 aliphatic heterocycles. The number of hydrogen-bond acceptors (Lipinski definition) is 2. The molecule has 0 spiro atoms. The van der Waals surface area contributed by atoms with Crippen molar-refractivity contribution in [1.29, 1.82) is 0 Å². The standard InChI is InChI=1S/C28H32FN3O2/c1-28(27(34)30-23-13-5-3-2-4-6-14-23)19-31-24-15-8-7-11-21(24)17-25(31)26(33)32(28)18-20-10-9-12-22(29)16-20/h7-12,15-17,23H,2-6,13-14,18-19H2,1H3,(H,30,34)/t28-/m0/s1. The van der Waals surface area contributed by atoms with Gasteiger partial charge < -0.3 is 14.8 Å². The average Bonchev–Trinajstić information content (AvgIpc) is 3.17. The number of benzene rings is 2. The summed E-state index contributed by atoms with van der Waals surface area (Å²) in [5, 5.41) is 4.27. The predicted molar refractivity (Wildman–Crippen MR) is 131 cm³/mol. The van der Waals surface area contributed by atoms with Crippen LogP contribution in [0.5, 0.6) is 0 Å². The highest BCUT2D eigenvalue weighted by atomic mass is 19.1. The lowest BCUT2D eigenvalue weighted by Gasteiger charge is -2.44. The normalized spacial score (nSPS) is 21.7. The van der Waals surface area contributed by atoms with Gasteiger partial charge in [-0.3, -0.25) is 9.59 Å². The molecule has 2 aliphatic rings. The van der Waals surface area contributed by atoms with E-state index in [1.165, 1.54) is 31.4 Å². The van der Waals surface area contributed by atoms with Gasteiger partial charge in [-0.25, -0.2) is 4.39 Å². The number of hydrogen-bond donors (Lipinski definition) is 1. The Morgan fingerprint density at radius 1 is 1.03 bits per heavy atom. The smallest absolute Gasteiger partial charge is 0.271 e. The lowest BCUT2D eigenvalue weighted by atomic mass is 9.91. The van der Waals surface area contributed by atoms with Crippen molar-refractivity contribution in [3.8, 4) is 0 Å². The van der Waals surface area contributed by atoms with E-state index < -0.39 is 5.54 Å². The van der Waals surface area contributed by atoms with Gasteiger partial charge in [-0.05, 0) is 49.6 Å². The summed E-state index contributed by atoms with van der Waals surface area (Å²) in [4.78, 5) is 29.3. The van der Waals surface area contributed by atoms with Crippen molar-refractivity contribution < 1.29 is 14.0 Å². The Hall–Kier alpha value is -3.15. The number of nitrogens with zero attached hydrogens (tertiary/aromatic N) is 2. The number of aromatic nitrogens is 1. The average molecular weight is 462 g/mol. The molecule has 5 rings (SSSR count). The molecular weight excluding hydrogens is 429 g/mol. The highest BCUT2D eigenvalue weighted by molar-refractivity contribution is 6.03. The number of carbonyl (C=O) groups excluding carboxylic acids is 2. The van der Waals surface area contributed by atoms with Gasteiger partial charge in [0.05, 0.1) is 6.54 Å². The molecule has 1 aromatic heterocycles. The molecule has 1 fully saturated rings.